The van der Waals surface area contributed by atoms with Gasteiger partial charge in [-0.25, -0.2) is 28.2 Å². The fraction of sp³-hybridized carbons (Fsp3) is 0.417. The number of aromatic nitrogens is 3. The van der Waals surface area contributed by atoms with Gasteiger partial charge in [0.05, 0.1) is 24.2 Å². The van der Waals surface area contributed by atoms with Crippen molar-refractivity contribution in [3.63, 3.8) is 0 Å². The third-order valence-electron chi connectivity index (χ3n) is 6.16. The van der Waals surface area contributed by atoms with Crippen molar-refractivity contribution >= 4 is 38.7 Å². The Morgan fingerprint density at radius 2 is 1.92 bits per heavy atom. The predicted molar refractivity (Wildman–Crippen MR) is 138 cm³/mol. The van der Waals surface area contributed by atoms with Crippen molar-refractivity contribution in [3.8, 4) is 11.4 Å². The summed E-state index contributed by atoms with van der Waals surface area (Å²) in [6.45, 7) is 6.81. The van der Waals surface area contributed by atoms with E-state index in [1.54, 1.807) is 24.4 Å². The Morgan fingerprint density at radius 1 is 1.17 bits per heavy atom. The fourth-order valence-corrected chi connectivity index (χ4v) is 7.32. The second kappa shape index (κ2) is 10.1. The summed E-state index contributed by atoms with van der Waals surface area (Å²) in [6, 6.07) is 8.93. The van der Waals surface area contributed by atoms with Crippen LogP contribution in [0.15, 0.2) is 40.1 Å². The van der Waals surface area contributed by atoms with Gasteiger partial charge in [-0.1, -0.05) is 0 Å². The first kappa shape index (κ1) is 24.6. The van der Waals surface area contributed by atoms with Crippen molar-refractivity contribution in [1.82, 2.24) is 20.3 Å². The Balaban J connectivity index is 1.44. The van der Waals surface area contributed by atoms with Crippen LogP contribution in [0.2, 0.25) is 0 Å². The Hall–Kier alpha value is -3.09. The zero-order chi connectivity index (χ0) is 25.3. The number of hydrogen-bond acceptors (Lipinski definition) is 9. The maximum Gasteiger partial charge on any atom is 0.319 e. The minimum absolute atomic E-state index is 0.172. The molecule has 1 saturated heterocycles. The van der Waals surface area contributed by atoms with E-state index >= 15 is 0 Å². The van der Waals surface area contributed by atoms with Gasteiger partial charge in [0.1, 0.15) is 5.82 Å². The van der Waals surface area contributed by atoms with E-state index in [1.807, 2.05) is 25.1 Å². The van der Waals surface area contributed by atoms with Gasteiger partial charge in [0, 0.05) is 53.9 Å². The topological polar surface area (TPSA) is 126 Å². The summed E-state index contributed by atoms with van der Waals surface area (Å²) in [5.74, 6) is 1.07. The number of rotatable bonds is 7. The normalized spacial score (nSPS) is 19.7. The molecule has 5 rings (SSSR count). The lowest BCUT2D eigenvalue weighted by Crippen LogP contribution is -2.37. The lowest BCUT2D eigenvalue weighted by Gasteiger charge is -2.28. The van der Waals surface area contributed by atoms with Gasteiger partial charge < -0.3 is 20.3 Å². The fourth-order valence-electron chi connectivity index (χ4n) is 4.18. The molecule has 0 spiro atoms. The molecule has 0 bridgehead atoms. The zero-order valence-electron chi connectivity index (χ0n) is 20.1. The molecule has 2 unspecified atom stereocenters. The van der Waals surface area contributed by atoms with Crippen molar-refractivity contribution in [2.75, 3.05) is 43.1 Å². The Bertz CT molecular complexity index is 1350. The van der Waals surface area contributed by atoms with Gasteiger partial charge in [-0.05, 0) is 44.5 Å². The first-order chi connectivity index (χ1) is 17.3. The van der Waals surface area contributed by atoms with Crippen molar-refractivity contribution in [3.05, 3.63) is 47.1 Å². The van der Waals surface area contributed by atoms with Crippen LogP contribution in [0.3, 0.4) is 0 Å². The van der Waals surface area contributed by atoms with Crippen molar-refractivity contribution in [2.45, 2.75) is 35.8 Å². The summed E-state index contributed by atoms with van der Waals surface area (Å²) in [5.41, 5.74) is 2.86. The number of thiazole rings is 1. The molecule has 1 saturated carbocycles. The molecule has 2 aliphatic rings. The van der Waals surface area contributed by atoms with Gasteiger partial charge in [-0.3, -0.25) is 0 Å². The first-order valence-corrected chi connectivity index (χ1v) is 14.3. The predicted octanol–water partition coefficient (Wildman–Crippen LogP) is 3.22. The molecule has 2 amide bonds. The molecule has 1 aromatic carbocycles. The zero-order valence-corrected chi connectivity index (χ0v) is 21.7. The largest absolute Gasteiger partial charge is 0.378 e. The molecule has 2 atom stereocenters. The van der Waals surface area contributed by atoms with E-state index < -0.39 is 15.1 Å². The van der Waals surface area contributed by atoms with Crippen LogP contribution in [0.25, 0.3) is 11.4 Å². The lowest BCUT2D eigenvalue weighted by atomic mass is 10.1. The van der Waals surface area contributed by atoms with Crippen LogP contribution < -0.4 is 15.5 Å². The molecule has 12 heteroatoms. The lowest BCUT2D eigenvalue weighted by molar-refractivity contribution is 0.122. The smallest absolute Gasteiger partial charge is 0.319 e. The number of amides is 2. The molecule has 10 nitrogen and oxygen atoms in total. The number of nitrogens with one attached hydrogen (secondary N) is 2. The second-order valence-corrected chi connectivity index (χ2v) is 12.0. The van der Waals surface area contributed by atoms with E-state index in [9.17, 15) is 13.2 Å². The van der Waals surface area contributed by atoms with Crippen molar-refractivity contribution < 1.29 is 17.9 Å². The van der Waals surface area contributed by atoms with Crippen molar-refractivity contribution in [1.29, 1.82) is 0 Å². The Kier molecular flexibility index (Phi) is 6.91. The standard InChI is InChI=1S/C24H28N6O4S2/c1-3-25-23(31)27-17-6-4-16(5-7-17)22-28-19(13-21(29-22)30-8-10-34-11-9-30)18-12-20(18)36(32,33)24-26-15(2)14-35-24/h4-7,13-14,18,20H,3,8-12H2,1-2H3,(H2,25,27,31). The van der Waals surface area contributed by atoms with Gasteiger partial charge in [0.2, 0.25) is 14.2 Å². The highest BCUT2D eigenvalue weighted by Gasteiger charge is 2.51. The number of anilines is 2. The summed E-state index contributed by atoms with van der Waals surface area (Å²) in [5, 5.41) is 6.70. The number of ether oxygens (including phenoxy) is 1. The van der Waals surface area contributed by atoms with E-state index in [4.69, 9.17) is 14.7 Å². The molecule has 36 heavy (non-hydrogen) atoms. The molecular formula is C24H28N6O4S2. The monoisotopic (exact) mass is 528 g/mol. The number of carbonyl (C=O) groups is 1. The molecular weight excluding hydrogens is 500 g/mol. The minimum atomic E-state index is -3.51. The number of hydrogen-bond donors (Lipinski definition) is 2. The third-order valence-corrected chi connectivity index (χ3v) is 9.79. The molecule has 2 fully saturated rings. The van der Waals surface area contributed by atoms with E-state index in [-0.39, 0.29) is 16.3 Å². The van der Waals surface area contributed by atoms with Gasteiger partial charge in [-0.2, -0.15) is 0 Å². The van der Waals surface area contributed by atoms with Gasteiger partial charge in [0.25, 0.3) is 0 Å². The van der Waals surface area contributed by atoms with Crippen LogP contribution in [0, 0.1) is 6.92 Å². The summed E-state index contributed by atoms with van der Waals surface area (Å²) in [7, 11) is -3.51. The Labute approximate surface area is 214 Å². The summed E-state index contributed by atoms with van der Waals surface area (Å²) in [6.07, 6.45) is 0.509. The summed E-state index contributed by atoms with van der Waals surface area (Å²) >= 11 is 1.17. The highest BCUT2D eigenvalue weighted by atomic mass is 32.2. The summed E-state index contributed by atoms with van der Waals surface area (Å²) < 4.78 is 31.9. The maximum absolute atomic E-state index is 13.1. The van der Waals surface area contributed by atoms with Crippen molar-refractivity contribution in [2.24, 2.45) is 0 Å². The van der Waals surface area contributed by atoms with E-state index in [2.05, 4.69) is 20.5 Å². The molecule has 3 aromatic rings. The van der Waals surface area contributed by atoms with Crippen LogP contribution in [0.5, 0.6) is 0 Å². The number of nitrogens with zero attached hydrogens (tertiary/aromatic N) is 4. The molecule has 2 N–H and O–H groups in total. The maximum atomic E-state index is 13.1. The van der Waals surface area contributed by atoms with Crippen LogP contribution in [-0.2, 0) is 14.6 Å². The van der Waals surface area contributed by atoms with Gasteiger partial charge in [0.15, 0.2) is 5.82 Å². The molecule has 2 aromatic heterocycles. The van der Waals surface area contributed by atoms with Crippen LogP contribution in [-0.4, -0.2) is 67.5 Å². The molecule has 1 aliphatic heterocycles. The quantitative estimate of drug-likeness (QED) is 0.479. The SMILES string of the molecule is CCNC(=O)Nc1ccc(-c2nc(C3CC3S(=O)(=O)c3nc(C)cs3)cc(N3CCOCC3)n2)cc1. The van der Waals surface area contributed by atoms with Crippen LogP contribution in [0.1, 0.15) is 30.7 Å². The number of aryl methyl sites for hydroxylation is 1. The molecule has 0 radical (unpaired) electrons. The minimum Gasteiger partial charge on any atom is -0.378 e. The van der Waals surface area contributed by atoms with E-state index in [0.717, 1.165) is 11.4 Å². The van der Waals surface area contributed by atoms with E-state index in [0.29, 0.717) is 62.2 Å². The molecule has 1 aliphatic carbocycles. The number of benzene rings is 1. The van der Waals surface area contributed by atoms with E-state index in [1.165, 1.54) is 11.3 Å². The van der Waals surface area contributed by atoms with Gasteiger partial charge in [-0.15, -0.1) is 11.3 Å². The average Bonchev–Trinajstić information content (AvgIpc) is 3.59. The average molecular weight is 529 g/mol. The highest BCUT2D eigenvalue weighted by Crippen LogP contribution is 2.48. The first-order valence-electron chi connectivity index (χ1n) is 11.9. The summed E-state index contributed by atoms with van der Waals surface area (Å²) in [4.78, 5) is 27.8. The van der Waals surface area contributed by atoms with Gasteiger partial charge >= 0.3 is 6.03 Å². The highest BCUT2D eigenvalue weighted by molar-refractivity contribution is 7.94. The number of urea groups is 1. The number of morpholine rings is 1. The molecule has 3 heterocycles. The third kappa shape index (κ3) is 5.20. The Morgan fingerprint density at radius 3 is 2.58 bits per heavy atom. The number of carbonyl (C=O) groups excluding carboxylic acids is 1. The van der Waals surface area contributed by atoms with Crippen LogP contribution >= 0.6 is 11.3 Å². The number of sulfone groups is 1. The molecule has 190 valence electrons. The second-order valence-electron chi connectivity index (χ2n) is 8.82. The van der Waals surface area contributed by atoms with Crippen LogP contribution in [0.4, 0.5) is 16.3 Å².